The number of carbonyl (C=O) groups excluding carboxylic acids is 1. The molecule has 2 aliphatic rings. The van der Waals surface area contributed by atoms with Gasteiger partial charge in [0.05, 0.1) is 5.54 Å². The molecule has 4 heteroatoms. The molecule has 0 spiro atoms. The Kier molecular flexibility index (Phi) is 5.10. The summed E-state index contributed by atoms with van der Waals surface area (Å²) in [6.45, 7) is 11.3. The van der Waals surface area contributed by atoms with Crippen molar-refractivity contribution in [1.82, 2.24) is 10.6 Å². The van der Waals surface area contributed by atoms with E-state index in [1.165, 1.54) is 32.1 Å². The minimum atomic E-state index is -0.437. The van der Waals surface area contributed by atoms with Crippen LogP contribution in [-0.2, 0) is 4.74 Å². The van der Waals surface area contributed by atoms with Gasteiger partial charge in [-0.15, -0.1) is 0 Å². The molecule has 0 bridgehead atoms. The third kappa shape index (κ3) is 4.61. The summed E-state index contributed by atoms with van der Waals surface area (Å²) in [4.78, 5) is 12.1. The lowest BCUT2D eigenvalue weighted by molar-refractivity contribution is 0.0365. The number of alkyl carbamates (subject to hydrolysis) is 1. The van der Waals surface area contributed by atoms with Gasteiger partial charge in [-0.25, -0.2) is 4.79 Å². The van der Waals surface area contributed by atoms with Crippen molar-refractivity contribution in [2.45, 2.75) is 96.7 Å². The third-order valence-corrected chi connectivity index (χ3v) is 5.27. The molecule has 2 N–H and O–H groups in total. The van der Waals surface area contributed by atoms with Gasteiger partial charge in [-0.2, -0.15) is 0 Å². The molecule has 22 heavy (non-hydrogen) atoms. The van der Waals surface area contributed by atoms with Crippen LogP contribution in [0.2, 0.25) is 0 Å². The van der Waals surface area contributed by atoms with Crippen LogP contribution in [0.15, 0.2) is 0 Å². The Morgan fingerprint density at radius 3 is 2.32 bits per heavy atom. The summed E-state index contributed by atoms with van der Waals surface area (Å²) in [5.74, 6) is 0. The first-order chi connectivity index (χ1) is 10.1. The normalized spacial score (nSPS) is 26.9. The summed E-state index contributed by atoms with van der Waals surface area (Å²) in [7, 11) is 0. The van der Waals surface area contributed by atoms with Crippen molar-refractivity contribution in [2.75, 3.05) is 6.54 Å². The second-order valence-corrected chi connectivity index (χ2v) is 8.93. The van der Waals surface area contributed by atoms with Crippen molar-refractivity contribution in [1.29, 1.82) is 0 Å². The molecule has 2 saturated carbocycles. The first kappa shape index (κ1) is 17.6. The maximum Gasteiger partial charge on any atom is 0.408 e. The highest BCUT2D eigenvalue weighted by molar-refractivity contribution is 5.69. The second kappa shape index (κ2) is 6.38. The van der Waals surface area contributed by atoms with Crippen LogP contribution in [0, 0.1) is 5.41 Å². The van der Waals surface area contributed by atoms with Crippen LogP contribution in [0.1, 0.15) is 79.6 Å². The summed E-state index contributed by atoms with van der Waals surface area (Å²) in [5, 5.41) is 6.88. The quantitative estimate of drug-likeness (QED) is 0.825. The van der Waals surface area contributed by atoms with Crippen molar-refractivity contribution in [2.24, 2.45) is 5.41 Å². The summed E-state index contributed by atoms with van der Waals surface area (Å²) in [6.07, 6.45) is 8.19. The standard InChI is InChI=1S/C18H34N2O2/c1-16(2,3)22-15(21)20-18(11-8-12-18)13-19-14-9-6-7-10-17(14,4)5/h14,19H,6-13H2,1-5H3,(H,20,21). The van der Waals surface area contributed by atoms with Crippen LogP contribution < -0.4 is 10.6 Å². The lowest BCUT2D eigenvalue weighted by Gasteiger charge is -2.46. The van der Waals surface area contributed by atoms with E-state index in [4.69, 9.17) is 4.74 Å². The summed E-state index contributed by atoms with van der Waals surface area (Å²) in [6, 6.07) is 0.555. The Labute approximate surface area is 135 Å². The van der Waals surface area contributed by atoms with Crippen molar-refractivity contribution < 1.29 is 9.53 Å². The van der Waals surface area contributed by atoms with Gasteiger partial charge in [0.15, 0.2) is 0 Å². The first-order valence-corrected chi connectivity index (χ1v) is 8.87. The van der Waals surface area contributed by atoms with Gasteiger partial charge < -0.3 is 15.4 Å². The molecule has 0 aliphatic heterocycles. The van der Waals surface area contributed by atoms with E-state index < -0.39 is 5.60 Å². The molecule has 0 saturated heterocycles. The largest absolute Gasteiger partial charge is 0.444 e. The van der Waals surface area contributed by atoms with Gasteiger partial charge in [0.1, 0.15) is 5.60 Å². The summed E-state index contributed by atoms with van der Waals surface area (Å²) < 4.78 is 5.42. The third-order valence-electron chi connectivity index (χ3n) is 5.27. The van der Waals surface area contributed by atoms with Crippen LogP contribution in [0.5, 0.6) is 0 Å². The topological polar surface area (TPSA) is 50.4 Å². The van der Waals surface area contributed by atoms with E-state index in [-0.39, 0.29) is 11.6 Å². The Balaban J connectivity index is 1.87. The minimum absolute atomic E-state index is 0.101. The maximum absolute atomic E-state index is 12.1. The van der Waals surface area contributed by atoms with E-state index in [0.717, 1.165) is 19.4 Å². The van der Waals surface area contributed by atoms with E-state index in [2.05, 4.69) is 24.5 Å². The number of ether oxygens (including phenoxy) is 1. The average molecular weight is 310 g/mol. The fourth-order valence-corrected chi connectivity index (χ4v) is 3.66. The highest BCUT2D eigenvalue weighted by Gasteiger charge is 2.41. The average Bonchev–Trinajstić information content (AvgIpc) is 2.31. The zero-order valence-electron chi connectivity index (χ0n) is 15.1. The molecule has 1 amide bonds. The molecule has 2 fully saturated rings. The molecule has 4 nitrogen and oxygen atoms in total. The molecule has 2 aliphatic carbocycles. The molecule has 1 atom stereocenters. The van der Waals surface area contributed by atoms with Crippen LogP contribution in [0.3, 0.4) is 0 Å². The lowest BCUT2D eigenvalue weighted by atomic mass is 9.72. The zero-order chi connectivity index (χ0) is 16.4. The van der Waals surface area contributed by atoms with Gasteiger partial charge in [-0.1, -0.05) is 26.7 Å². The molecular weight excluding hydrogens is 276 g/mol. The summed E-state index contributed by atoms with van der Waals surface area (Å²) >= 11 is 0. The predicted molar refractivity (Wildman–Crippen MR) is 90.0 cm³/mol. The number of amides is 1. The Morgan fingerprint density at radius 1 is 1.14 bits per heavy atom. The number of hydrogen-bond donors (Lipinski definition) is 2. The molecule has 0 aromatic carbocycles. The monoisotopic (exact) mass is 310 g/mol. The van der Waals surface area contributed by atoms with E-state index in [9.17, 15) is 4.79 Å². The van der Waals surface area contributed by atoms with E-state index in [1.54, 1.807) is 0 Å². The van der Waals surface area contributed by atoms with Crippen LogP contribution in [-0.4, -0.2) is 29.8 Å². The van der Waals surface area contributed by atoms with Gasteiger partial charge in [0, 0.05) is 12.6 Å². The number of nitrogens with one attached hydrogen (secondary N) is 2. The molecule has 0 heterocycles. The second-order valence-electron chi connectivity index (χ2n) is 8.93. The van der Waals surface area contributed by atoms with Gasteiger partial charge in [-0.3, -0.25) is 0 Å². The fraction of sp³-hybridized carbons (Fsp3) is 0.944. The maximum atomic E-state index is 12.1. The van der Waals surface area contributed by atoms with Gasteiger partial charge in [0.2, 0.25) is 0 Å². The minimum Gasteiger partial charge on any atom is -0.444 e. The van der Waals surface area contributed by atoms with Gasteiger partial charge >= 0.3 is 6.09 Å². The number of hydrogen-bond acceptors (Lipinski definition) is 3. The highest BCUT2D eigenvalue weighted by Crippen LogP contribution is 2.37. The molecule has 0 radical (unpaired) electrons. The van der Waals surface area contributed by atoms with E-state index in [1.807, 2.05) is 20.8 Å². The molecule has 0 aromatic rings. The van der Waals surface area contributed by atoms with Crippen LogP contribution in [0.25, 0.3) is 0 Å². The van der Waals surface area contributed by atoms with Crippen molar-refractivity contribution >= 4 is 6.09 Å². The number of rotatable bonds is 4. The predicted octanol–water partition coefficient (Wildman–Crippen LogP) is 3.99. The van der Waals surface area contributed by atoms with E-state index in [0.29, 0.717) is 11.5 Å². The first-order valence-electron chi connectivity index (χ1n) is 8.87. The molecule has 128 valence electrons. The number of carbonyl (C=O) groups is 1. The van der Waals surface area contributed by atoms with Crippen LogP contribution >= 0.6 is 0 Å². The molecular formula is C18H34N2O2. The lowest BCUT2D eigenvalue weighted by Crippen LogP contribution is -2.62. The zero-order valence-corrected chi connectivity index (χ0v) is 15.1. The molecule has 2 rings (SSSR count). The van der Waals surface area contributed by atoms with Gasteiger partial charge in [-0.05, 0) is 58.3 Å². The van der Waals surface area contributed by atoms with Crippen molar-refractivity contribution in [3.05, 3.63) is 0 Å². The molecule has 1 unspecified atom stereocenters. The fourth-order valence-electron chi connectivity index (χ4n) is 3.66. The van der Waals surface area contributed by atoms with E-state index >= 15 is 0 Å². The Morgan fingerprint density at radius 2 is 1.82 bits per heavy atom. The SMILES string of the molecule is CC(C)(C)OC(=O)NC1(CNC2CCCCC2(C)C)CCC1. The van der Waals surface area contributed by atoms with Gasteiger partial charge in [0.25, 0.3) is 0 Å². The van der Waals surface area contributed by atoms with Crippen LogP contribution in [0.4, 0.5) is 4.79 Å². The molecule has 0 aromatic heterocycles. The Hall–Kier alpha value is -0.770. The Bertz CT molecular complexity index is 394. The smallest absolute Gasteiger partial charge is 0.408 e. The highest BCUT2D eigenvalue weighted by atomic mass is 16.6. The van der Waals surface area contributed by atoms with Crippen molar-refractivity contribution in [3.63, 3.8) is 0 Å². The van der Waals surface area contributed by atoms with Crippen molar-refractivity contribution in [3.8, 4) is 0 Å². The summed E-state index contributed by atoms with van der Waals surface area (Å²) in [5.41, 5.74) is -0.182.